The molecular formula is C11H12ClNOS. The lowest BCUT2D eigenvalue weighted by Crippen LogP contribution is -2.13. The van der Waals surface area contributed by atoms with Gasteiger partial charge in [-0.1, -0.05) is 30.7 Å². The van der Waals surface area contributed by atoms with E-state index < -0.39 is 10.8 Å². The van der Waals surface area contributed by atoms with Crippen LogP contribution in [0, 0.1) is 11.3 Å². The van der Waals surface area contributed by atoms with E-state index in [0.717, 1.165) is 0 Å². The van der Waals surface area contributed by atoms with E-state index in [2.05, 4.69) is 6.07 Å². The molecule has 0 fully saturated rings. The SMILES string of the molecule is CCC(CC#N)S(=O)c1ccccc1Cl. The minimum absolute atomic E-state index is 0.130. The maximum absolute atomic E-state index is 12.1. The standard InChI is InChI=1S/C11H12ClNOS/c1-2-9(7-8-13)15(14)11-6-4-3-5-10(11)12/h3-6,9H,2,7H2,1H3. The van der Waals surface area contributed by atoms with Gasteiger partial charge in [-0.2, -0.15) is 5.26 Å². The van der Waals surface area contributed by atoms with Crippen molar-refractivity contribution in [3.05, 3.63) is 29.3 Å². The molecule has 1 aromatic rings. The summed E-state index contributed by atoms with van der Waals surface area (Å²) in [5, 5.41) is 8.99. The highest BCUT2D eigenvalue weighted by molar-refractivity contribution is 7.85. The third-order valence-electron chi connectivity index (χ3n) is 2.13. The van der Waals surface area contributed by atoms with Crippen molar-refractivity contribution in [2.75, 3.05) is 0 Å². The highest BCUT2D eigenvalue weighted by Crippen LogP contribution is 2.23. The van der Waals surface area contributed by atoms with Gasteiger partial charge in [0.2, 0.25) is 0 Å². The van der Waals surface area contributed by atoms with Crippen LogP contribution in [0.15, 0.2) is 29.2 Å². The van der Waals surface area contributed by atoms with Crippen molar-refractivity contribution in [2.24, 2.45) is 0 Å². The van der Waals surface area contributed by atoms with Gasteiger partial charge in [-0.25, -0.2) is 0 Å². The molecule has 2 unspecified atom stereocenters. The van der Waals surface area contributed by atoms with Crippen LogP contribution in [0.1, 0.15) is 19.8 Å². The Hall–Kier alpha value is -0.850. The largest absolute Gasteiger partial charge is 0.254 e. The smallest absolute Gasteiger partial charge is 0.0634 e. The fraction of sp³-hybridized carbons (Fsp3) is 0.364. The van der Waals surface area contributed by atoms with Crippen LogP contribution in [-0.4, -0.2) is 9.46 Å². The van der Waals surface area contributed by atoms with E-state index in [-0.39, 0.29) is 5.25 Å². The molecule has 0 aromatic heterocycles. The molecule has 0 heterocycles. The Bertz CT molecular complexity index is 400. The fourth-order valence-electron chi connectivity index (χ4n) is 1.26. The first-order chi connectivity index (χ1) is 7.20. The van der Waals surface area contributed by atoms with Crippen molar-refractivity contribution in [3.8, 4) is 6.07 Å². The first-order valence-corrected chi connectivity index (χ1v) is 6.31. The summed E-state index contributed by atoms with van der Waals surface area (Å²) in [6.45, 7) is 1.93. The third-order valence-corrected chi connectivity index (χ3v) is 4.47. The topological polar surface area (TPSA) is 40.9 Å². The zero-order chi connectivity index (χ0) is 11.3. The van der Waals surface area contributed by atoms with Crippen molar-refractivity contribution < 1.29 is 4.21 Å². The second-order valence-electron chi connectivity index (χ2n) is 3.12. The Kier molecular flexibility index (Phi) is 4.80. The van der Waals surface area contributed by atoms with Crippen molar-refractivity contribution in [2.45, 2.75) is 29.9 Å². The Balaban J connectivity index is 2.94. The van der Waals surface area contributed by atoms with E-state index >= 15 is 0 Å². The number of rotatable bonds is 4. The summed E-state index contributed by atoms with van der Waals surface area (Å²) in [6.07, 6.45) is 1.01. The minimum Gasteiger partial charge on any atom is -0.254 e. The molecule has 4 heteroatoms. The summed E-state index contributed by atoms with van der Waals surface area (Å²) in [4.78, 5) is 0.626. The molecule has 0 saturated carbocycles. The molecule has 1 rings (SSSR count). The van der Waals surface area contributed by atoms with Gasteiger partial charge in [0.15, 0.2) is 0 Å². The van der Waals surface area contributed by atoms with E-state index in [9.17, 15) is 4.21 Å². The Morgan fingerprint density at radius 1 is 1.53 bits per heavy atom. The summed E-state index contributed by atoms with van der Waals surface area (Å²) >= 11 is 5.94. The van der Waals surface area contributed by atoms with Gasteiger partial charge in [-0.05, 0) is 18.6 Å². The highest BCUT2D eigenvalue weighted by atomic mass is 35.5. The van der Waals surface area contributed by atoms with E-state index in [1.54, 1.807) is 24.3 Å². The fourth-order valence-corrected chi connectivity index (χ4v) is 2.99. The number of hydrogen-bond donors (Lipinski definition) is 0. The molecule has 0 aliphatic carbocycles. The lowest BCUT2D eigenvalue weighted by atomic mass is 10.3. The zero-order valence-electron chi connectivity index (χ0n) is 8.44. The van der Waals surface area contributed by atoms with Crippen LogP contribution in [0.3, 0.4) is 0 Å². The van der Waals surface area contributed by atoms with Gasteiger partial charge in [0.25, 0.3) is 0 Å². The Labute approximate surface area is 97.3 Å². The van der Waals surface area contributed by atoms with Gasteiger partial charge in [0.05, 0.1) is 32.0 Å². The zero-order valence-corrected chi connectivity index (χ0v) is 10.0. The molecule has 0 saturated heterocycles. The first-order valence-electron chi connectivity index (χ1n) is 4.72. The number of halogens is 1. The number of nitriles is 1. The van der Waals surface area contributed by atoms with Crippen molar-refractivity contribution >= 4 is 22.4 Å². The first kappa shape index (κ1) is 12.2. The van der Waals surface area contributed by atoms with Gasteiger partial charge in [-0.3, -0.25) is 4.21 Å². The van der Waals surface area contributed by atoms with Crippen LogP contribution in [-0.2, 0) is 10.8 Å². The molecular weight excluding hydrogens is 230 g/mol. The molecule has 0 N–H and O–H groups in total. The molecule has 80 valence electrons. The molecule has 0 aliphatic heterocycles. The quantitative estimate of drug-likeness (QED) is 0.813. The summed E-state index contributed by atoms with van der Waals surface area (Å²) < 4.78 is 12.1. The van der Waals surface area contributed by atoms with Gasteiger partial charge in [0, 0.05) is 6.42 Å². The summed E-state index contributed by atoms with van der Waals surface area (Å²) in [5.41, 5.74) is 0. The summed E-state index contributed by atoms with van der Waals surface area (Å²) in [7, 11) is -1.19. The number of benzene rings is 1. The van der Waals surface area contributed by atoms with E-state index in [4.69, 9.17) is 16.9 Å². The number of nitrogens with zero attached hydrogens (tertiary/aromatic N) is 1. The monoisotopic (exact) mass is 241 g/mol. The summed E-state index contributed by atoms with van der Waals surface area (Å²) in [5.74, 6) is 0. The highest BCUT2D eigenvalue weighted by Gasteiger charge is 2.18. The van der Waals surface area contributed by atoms with Gasteiger partial charge in [0.1, 0.15) is 0 Å². The van der Waals surface area contributed by atoms with Crippen molar-refractivity contribution in [3.63, 3.8) is 0 Å². The Morgan fingerprint density at radius 3 is 2.73 bits per heavy atom. The lowest BCUT2D eigenvalue weighted by molar-refractivity contribution is 0.664. The maximum Gasteiger partial charge on any atom is 0.0634 e. The minimum atomic E-state index is -1.19. The predicted molar refractivity (Wildman–Crippen MR) is 62.2 cm³/mol. The molecule has 2 nitrogen and oxygen atoms in total. The van der Waals surface area contributed by atoms with Gasteiger partial charge < -0.3 is 0 Å². The molecule has 0 spiro atoms. The third kappa shape index (κ3) is 3.05. The maximum atomic E-state index is 12.1. The van der Waals surface area contributed by atoms with E-state index in [1.807, 2.05) is 6.92 Å². The lowest BCUT2D eigenvalue weighted by Gasteiger charge is -2.11. The van der Waals surface area contributed by atoms with Crippen molar-refractivity contribution in [1.29, 1.82) is 5.26 Å². The van der Waals surface area contributed by atoms with Gasteiger partial charge in [-0.15, -0.1) is 0 Å². The van der Waals surface area contributed by atoms with Crippen LogP contribution in [0.2, 0.25) is 5.02 Å². The van der Waals surface area contributed by atoms with Crippen LogP contribution in [0.4, 0.5) is 0 Å². The second kappa shape index (κ2) is 5.89. The van der Waals surface area contributed by atoms with Gasteiger partial charge >= 0.3 is 0 Å². The summed E-state index contributed by atoms with van der Waals surface area (Å²) in [6, 6.07) is 9.12. The molecule has 2 atom stereocenters. The van der Waals surface area contributed by atoms with Crippen LogP contribution < -0.4 is 0 Å². The molecule has 1 aromatic carbocycles. The second-order valence-corrected chi connectivity index (χ2v) is 5.23. The molecule has 0 aliphatic rings. The van der Waals surface area contributed by atoms with E-state index in [1.165, 1.54) is 0 Å². The molecule has 0 radical (unpaired) electrons. The molecule has 0 amide bonds. The van der Waals surface area contributed by atoms with Crippen LogP contribution in [0.25, 0.3) is 0 Å². The van der Waals surface area contributed by atoms with E-state index in [0.29, 0.717) is 22.8 Å². The molecule has 15 heavy (non-hydrogen) atoms. The average Bonchev–Trinajstić information content (AvgIpc) is 2.25. The molecule has 0 bridgehead atoms. The van der Waals surface area contributed by atoms with Crippen LogP contribution >= 0.6 is 11.6 Å². The normalized spacial score (nSPS) is 14.2. The number of hydrogen-bond acceptors (Lipinski definition) is 2. The Morgan fingerprint density at radius 2 is 2.20 bits per heavy atom. The predicted octanol–water partition coefficient (Wildman–Crippen LogP) is 3.14. The van der Waals surface area contributed by atoms with Crippen LogP contribution in [0.5, 0.6) is 0 Å². The average molecular weight is 242 g/mol. The van der Waals surface area contributed by atoms with Crippen molar-refractivity contribution in [1.82, 2.24) is 0 Å².